The average molecular weight is 577 g/mol. The van der Waals surface area contributed by atoms with Gasteiger partial charge in [-0.1, -0.05) is 84.9 Å². The Hall–Kier alpha value is -5.34. The quantitative estimate of drug-likeness (QED) is 0.180. The summed E-state index contributed by atoms with van der Waals surface area (Å²) in [6.45, 7) is 0. The van der Waals surface area contributed by atoms with Crippen molar-refractivity contribution in [2.45, 2.75) is 11.3 Å². The van der Waals surface area contributed by atoms with Gasteiger partial charge < -0.3 is 18.8 Å². The van der Waals surface area contributed by atoms with Crippen LogP contribution in [0.4, 0.5) is 0 Å². The van der Waals surface area contributed by atoms with Gasteiger partial charge in [-0.2, -0.15) is 8.42 Å². The van der Waals surface area contributed by atoms with E-state index in [1.165, 1.54) is 12.1 Å². The average Bonchev–Trinajstić information content (AvgIpc) is 3.35. The lowest BCUT2D eigenvalue weighted by atomic mass is 9.96. The monoisotopic (exact) mass is 576 g/mol. The molecule has 0 fully saturated rings. The van der Waals surface area contributed by atoms with Crippen molar-refractivity contribution in [3.8, 4) is 33.8 Å². The first-order valence-corrected chi connectivity index (χ1v) is 14.5. The van der Waals surface area contributed by atoms with Crippen molar-refractivity contribution < 1.29 is 32.0 Å². The maximum Gasteiger partial charge on any atom is 0.339 e. The molecule has 6 aromatic rings. The Morgan fingerprint density at radius 3 is 2.05 bits per heavy atom. The van der Waals surface area contributed by atoms with Crippen LogP contribution in [0.15, 0.2) is 131 Å². The zero-order valence-electron chi connectivity index (χ0n) is 22.1. The van der Waals surface area contributed by atoms with Crippen molar-refractivity contribution >= 4 is 27.1 Å². The maximum atomic E-state index is 12.7. The largest absolute Gasteiger partial charge is 0.507 e. The van der Waals surface area contributed by atoms with Gasteiger partial charge in [0.1, 0.15) is 33.3 Å². The second kappa shape index (κ2) is 10.9. The van der Waals surface area contributed by atoms with Crippen LogP contribution in [0.2, 0.25) is 0 Å². The van der Waals surface area contributed by atoms with Gasteiger partial charge in [0.05, 0.1) is 0 Å². The lowest BCUT2D eigenvalue weighted by Crippen LogP contribution is -2.11. The number of furan rings is 1. The van der Waals surface area contributed by atoms with Gasteiger partial charge in [0.15, 0.2) is 0 Å². The summed E-state index contributed by atoms with van der Waals surface area (Å²) in [5.41, 5.74) is 5.31. The molecule has 1 heterocycles. The van der Waals surface area contributed by atoms with E-state index in [2.05, 4.69) is 18.2 Å². The highest BCUT2D eigenvalue weighted by atomic mass is 32.2. The number of fused-ring (bicyclic) bond motifs is 1. The molecule has 0 aliphatic rings. The summed E-state index contributed by atoms with van der Waals surface area (Å²) in [5.74, 6) is -1.03. The van der Waals surface area contributed by atoms with Gasteiger partial charge in [-0.05, 0) is 58.7 Å². The Labute approximate surface area is 242 Å². The van der Waals surface area contributed by atoms with E-state index in [1.54, 1.807) is 12.1 Å². The highest BCUT2D eigenvalue weighted by molar-refractivity contribution is 7.87. The van der Waals surface area contributed by atoms with Crippen LogP contribution in [-0.2, 0) is 16.5 Å². The first-order valence-electron chi connectivity index (χ1n) is 13.0. The topological polar surface area (TPSA) is 114 Å². The number of carboxylic acids is 1. The fraction of sp³-hybridized carbons (Fsp3) is 0.0294. The Morgan fingerprint density at radius 1 is 0.738 bits per heavy atom. The minimum atomic E-state index is -4.32. The molecule has 5 aromatic carbocycles. The molecular formula is C34H24O7S. The molecule has 2 N–H and O–H groups in total. The molecule has 208 valence electrons. The molecule has 42 heavy (non-hydrogen) atoms. The van der Waals surface area contributed by atoms with Crippen molar-refractivity contribution in [2.24, 2.45) is 0 Å². The van der Waals surface area contributed by atoms with Crippen molar-refractivity contribution in [3.05, 3.63) is 138 Å². The molecule has 0 bridgehead atoms. The minimum Gasteiger partial charge on any atom is -0.507 e. The Bertz CT molecular complexity index is 2010. The van der Waals surface area contributed by atoms with E-state index in [0.29, 0.717) is 6.42 Å². The van der Waals surface area contributed by atoms with E-state index in [0.717, 1.165) is 62.7 Å². The van der Waals surface area contributed by atoms with Gasteiger partial charge in [-0.25, -0.2) is 4.79 Å². The van der Waals surface area contributed by atoms with Crippen LogP contribution in [0.25, 0.3) is 33.2 Å². The molecule has 8 heteroatoms. The summed E-state index contributed by atoms with van der Waals surface area (Å²) in [6, 6.07) is 35.7. The van der Waals surface area contributed by atoms with Crippen LogP contribution in [0.5, 0.6) is 11.5 Å². The summed E-state index contributed by atoms with van der Waals surface area (Å²) < 4.78 is 36.9. The van der Waals surface area contributed by atoms with Crippen LogP contribution in [0.1, 0.15) is 21.7 Å². The van der Waals surface area contributed by atoms with Gasteiger partial charge >= 0.3 is 16.1 Å². The van der Waals surface area contributed by atoms with Crippen molar-refractivity contribution in [2.75, 3.05) is 0 Å². The standard InChI is InChI=1S/C34H24O7S/c35-30-19-18-27(21-29(30)34(36)37)42(38,39)41-26-16-14-24(15-17-26)23-10-12-25(13-11-23)33-28-8-4-5-9-31(28)40-32(33)20-22-6-2-1-3-7-22/h1-19,21,35H,20H2,(H,36,37). The second-order valence-corrected chi connectivity index (χ2v) is 11.2. The van der Waals surface area contributed by atoms with E-state index < -0.39 is 27.4 Å². The summed E-state index contributed by atoms with van der Waals surface area (Å²) in [6.07, 6.45) is 0.665. The predicted molar refractivity (Wildman–Crippen MR) is 159 cm³/mol. The lowest BCUT2D eigenvalue weighted by Gasteiger charge is -2.10. The summed E-state index contributed by atoms with van der Waals surface area (Å²) >= 11 is 0. The van der Waals surface area contributed by atoms with E-state index >= 15 is 0 Å². The number of hydrogen-bond acceptors (Lipinski definition) is 6. The highest BCUT2D eigenvalue weighted by Gasteiger charge is 2.21. The number of carbonyl (C=O) groups is 1. The summed E-state index contributed by atoms with van der Waals surface area (Å²) in [4.78, 5) is 10.9. The number of phenols is 1. The van der Waals surface area contributed by atoms with Crippen LogP contribution < -0.4 is 4.18 Å². The molecule has 0 aliphatic carbocycles. The fourth-order valence-electron chi connectivity index (χ4n) is 4.87. The molecule has 7 nitrogen and oxygen atoms in total. The predicted octanol–water partition coefficient (Wildman–Crippen LogP) is 7.53. The zero-order chi connectivity index (χ0) is 29.3. The third-order valence-corrected chi connectivity index (χ3v) is 8.17. The van der Waals surface area contributed by atoms with Crippen LogP contribution in [0.3, 0.4) is 0 Å². The zero-order valence-corrected chi connectivity index (χ0v) is 22.9. The molecule has 0 spiro atoms. The third-order valence-electron chi connectivity index (χ3n) is 6.93. The molecule has 0 amide bonds. The molecule has 0 saturated carbocycles. The molecule has 6 rings (SSSR count). The second-order valence-electron chi connectivity index (χ2n) is 9.68. The number of carboxylic acid groups (broad SMARTS) is 1. The van der Waals surface area contributed by atoms with E-state index in [9.17, 15) is 23.4 Å². The number of rotatable bonds is 8. The molecule has 0 saturated heterocycles. The Kier molecular flexibility index (Phi) is 6.98. The smallest absolute Gasteiger partial charge is 0.339 e. The van der Waals surface area contributed by atoms with Crippen LogP contribution in [-0.4, -0.2) is 24.6 Å². The number of aromatic hydroxyl groups is 1. The number of aromatic carboxylic acids is 1. The molecule has 0 radical (unpaired) electrons. The summed E-state index contributed by atoms with van der Waals surface area (Å²) in [5, 5.41) is 19.9. The number of hydrogen-bond donors (Lipinski definition) is 2. The number of benzene rings is 5. The molecule has 0 unspecified atom stereocenters. The lowest BCUT2D eigenvalue weighted by molar-refractivity contribution is 0.0693. The molecule has 0 atom stereocenters. The van der Waals surface area contributed by atoms with E-state index in [1.807, 2.05) is 60.7 Å². The number of para-hydroxylation sites is 1. The van der Waals surface area contributed by atoms with Crippen LogP contribution >= 0.6 is 0 Å². The van der Waals surface area contributed by atoms with Crippen molar-refractivity contribution in [1.29, 1.82) is 0 Å². The Balaban J connectivity index is 1.25. The summed E-state index contributed by atoms with van der Waals surface area (Å²) in [7, 11) is -4.32. The first kappa shape index (κ1) is 26.9. The van der Waals surface area contributed by atoms with E-state index in [-0.39, 0.29) is 10.6 Å². The van der Waals surface area contributed by atoms with Gasteiger partial charge in [0, 0.05) is 17.4 Å². The molecular weight excluding hydrogens is 552 g/mol. The minimum absolute atomic E-state index is 0.0655. The fourth-order valence-corrected chi connectivity index (χ4v) is 5.82. The van der Waals surface area contributed by atoms with Crippen molar-refractivity contribution in [1.82, 2.24) is 0 Å². The van der Waals surface area contributed by atoms with Gasteiger partial charge in [-0.3, -0.25) is 0 Å². The molecule has 0 aliphatic heterocycles. The third kappa shape index (κ3) is 5.35. The van der Waals surface area contributed by atoms with E-state index in [4.69, 9.17) is 8.60 Å². The normalized spacial score (nSPS) is 11.4. The van der Waals surface area contributed by atoms with Crippen LogP contribution in [0, 0.1) is 0 Å². The van der Waals surface area contributed by atoms with Gasteiger partial charge in [-0.15, -0.1) is 0 Å². The highest BCUT2D eigenvalue weighted by Crippen LogP contribution is 2.37. The van der Waals surface area contributed by atoms with Crippen molar-refractivity contribution in [3.63, 3.8) is 0 Å². The SMILES string of the molecule is O=C(O)c1cc(S(=O)(=O)Oc2ccc(-c3ccc(-c4c(Cc5ccccc5)oc5ccccc45)cc3)cc2)ccc1O. The molecule has 1 aromatic heterocycles. The Morgan fingerprint density at radius 2 is 1.36 bits per heavy atom. The first-order chi connectivity index (χ1) is 20.3. The van der Waals surface area contributed by atoms with Gasteiger partial charge in [0.2, 0.25) is 0 Å². The van der Waals surface area contributed by atoms with Gasteiger partial charge in [0.25, 0.3) is 0 Å². The maximum absolute atomic E-state index is 12.7.